The molecule has 0 aromatic heterocycles. The Morgan fingerprint density at radius 2 is 1.79 bits per heavy atom. The van der Waals surface area contributed by atoms with Gasteiger partial charge in [-0.2, -0.15) is 0 Å². The lowest BCUT2D eigenvalue weighted by Crippen LogP contribution is -2.47. The molecule has 1 aliphatic heterocycles. The van der Waals surface area contributed by atoms with Gasteiger partial charge < -0.3 is 0 Å². The summed E-state index contributed by atoms with van der Waals surface area (Å²) in [5, 5.41) is 1.80. The summed E-state index contributed by atoms with van der Waals surface area (Å²) in [6.07, 6.45) is -0.743. The lowest BCUT2D eigenvalue weighted by molar-refractivity contribution is 0.175. The summed E-state index contributed by atoms with van der Waals surface area (Å²) in [7, 11) is 1.74. The zero-order chi connectivity index (χ0) is 20.3. The molecule has 1 aliphatic rings. The van der Waals surface area contributed by atoms with Gasteiger partial charge in [0.1, 0.15) is 17.8 Å². The number of hydrazine groups is 1. The van der Waals surface area contributed by atoms with Crippen LogP contribution in [0.25, 0.3) is 11.1 Å². The van der Waals surface area contributed by atoms with E-state index in [4.69, 9.17) is 0 Å². The lowest BCUT2D eigenvalue weighted by atomic mass is 9.95. The van der Waals surface area contributed by atoms with Gasteiger partial charge in [-0.05, 0) is 31.5 Å². The predicted octanol–water partition coefficient (Wildman–Crippen LogP) is 4.27. The van der Waals surface area contributed by atoms with Crippen molar-refractivity contribution in [3.8, 4) is 11.1 Å². The Kier molecular flexibility index (Phi) is 7.04. The van der Waals surface area contributed by atoms with Gasteiger partial charge >= 0.3 is 0 Å². The van der Waals surface area contributed by atoms with Gasteiger partial charge in [0.05, 0.1) is 6.04 Å². The smallest absolute Gasteiger partial charge is 0.134 e. The molecule has 1 saturated heterocycles. The summed E-state index contributed by atoms with van der Waals surface area (Å²) in [4.78, 5) is 0. The fourth-order valence-electron chi connectivity index (χ4n) is 3.72. The van der Waals surface area contributed by atoms with E-state index in [0.717, 1.165) is 5.75 Å². The minimum Gasteiger partial charge on any atom is -0.258 e. The van der Waals surface area contributed by atoms with Gasteiger partial charge in [0.25, 0.3) is 0 Å². The SMILES string of the molecule is CCSNC1C(F)CN(NC)C1Cc1cccc(-c2cccc(C)c2F)c1F. The van der Waals surface area contributed by atoms with E-state index in [1.165, 1.54) is 11.9 Å². The van der Waals surface area contributed by atoms with Crippen LogP contribution in [-0.4, -0.2) is 42.6 Å². The van der Waals surface area contributed by atoms with Crippen molar-refractivity contribution in [1.82, 2.24) is 15.2 Å². The third kappa shape index (κ3) is 4.22. The van der Waals surface area contributed by atoms with Crippen LogP contribution in [0.4, 0.5) is 13.2 Å². The van der Waals surface area contributed by atoms with Crippen molar-refractivity contribution >= 4 is 11.9 Å². The molecule has 2 N–H and O–H groups in total. The highest BCUT2D eigenvalue weighted by atomic mass is 32.2. The molecule has 28 heavy (non-hydrogen) atoms. The van der Waals surface area contributed by atoms with Crippen LogP contribution in [0.2, 0.25) is 0 Å². The molecule has 3 unspecified atom stereocenters. The number of aryl methyl sites for hydroxylation is 1. The first-order valence-corrected chi connectivity index (χ1v) is 10.4. The Balaban J connectivity index is 1.92. The third-order valence-corrected chi connectivity index (χ3v) is 5.94. The van der Waals surface area contributed by atoms with Gasteiger partial charge in [0.15, 0.2) is 0 Å². The molecular formula is C21H26F3N3S. The number of benzene rings is 2. The van der Waals surface area contributed by atoms with E-state index < -0.39 is 23.8 Å². The Morgan fingerprint density at radius 3 is 2.46 bits per heavy atom. The molecule has 3 rings (SSSR count). The van der Waals surface area contributed by atoms with E-state index in [9.17, 15) is 8.78 Å². The van der Waals surface area contributed by atoms with Crippen LogP contribution >= 0.6 is 11.9 Å². The summed E-state index contributed by atoms with van der Waals surface area (Å²) in [5.41, 5.74) is 4.42. The van der Waals surface area contributed by atoms with Crippen molar-refractivity contribution in [2.75, 3.05) is 19.3 Å². The molecule has 1 fully saturated rings. The Hall–Kier alpha value is -1.54. The third-order valence-electron chi connectivity index (χ3n) is 5.22. The minimum absolute atomic E-state index is 0.233. The van der Waals surface area contributed by atoms with Crippen LogP contribution in [0.5, 0.6) is 0 Å². The van der Waals surface area contributed by atoms with E-state index >= 15 is 4.39 Å². The summed E-state index contributed by atoms with van der Waals surface area (Å²) in [6, 6.07) is 9.28. The molecule has 0 spiro atoms. The summed E-state index contributed by atoms with van der Waals surface area (Å²) in [6.45, 7) is 3.88. The average Bonchev–Trinajstić information content (AvgIpc) is 2.99. The van der Waals surface area contributed by atoms with Crippen LogP contribution < -0.4 is 10.1 Å². The van der Waals surface area contributed by atoms with Gasteiger partial charge in [0.2, 0.25) is 0 Å². The van der Waals surface area contributed by atoms with Crippen LogP contribution in [0, 0.1) is 18.6 Å². The molecule has 2 aromatic carbocycles. The van der Waals surface area contributed by atoms with Gasteiger partial charge in [0, 0.05) is 29.5 Å². The predicted molar refractivity (Wildman–Crippen MR) is 110 cm³/mol. The maximum absolute atomic E-state index is 15.3. The highest BCUT2D eigenvalue weighted by Crippen LogP contribution is 2.31. The second-order valence-electron chi connectivity index (χ2n) is 6.96. The largest absolute Gasteiger partial charge is 0.258 e. The number of hydrogen-bond acceptors (Lipinski definition) is 4. The van der Waals surface area contributed by atoms with Crippen molar-refractivity contribution in [1.29, 1.82) is 0 Å². The molecule has 3 atom stereocenters. The van der Waals surface area contributed by atoms with Crippen LogP contribution in [-0.2, 0) is 6.42 Å². The molecule has 0 bridgehead atoms. The second-order valence-corrected chi connectivity index (χ2v) is 8.06. The first-order valence-electron chi connectivity index (χ1n) is 9.46. The van der Waals surface area contributed by atoms with Crippen molar-refractivity contribution in [3.05, 3.63) is 59.2 Å². The van der Waals surface area contributed by atoms with Crippen molar-refractivity contribution < 1.29 is 13.2 Å². The maximum atomic E-state index is 15.3. The fraction of sp³-hybridized carbons (Fsp3) is 0.429. The van der Waals surface area contributed by atoms with Gasteiger partial charge in [-0.3, -0.25) is 10.1 Å². The van der Waals surface area contributed by atoms with Crippen LogP contribution in [0.3, 0.4) is 0 Å². The minimum atomic E-state index is -1.06. The summed E-state index contributed by atoms with van der Waals surface area (Å²) < 4.78 is 47.5. The van der Waals surface area contributed by atoms with Gasteiger partial charge in [-0.25, -0.2) is 18.2 Å². The lowest BCUT2D eigenvalue weighted by Gasteiger charge is -2.28. The average molecular weight is 410 g/mol. The second kappa shape index (κ2) is 9.31. The van der Waals surface area contributed by atoms with Crippen molar-refractivity contribution in [2.45, 2.75) is 38.5 Å². The van der Waals surface area contributed by atoms with E-state index in [1.54, 1.807) is 55.4 Å². The Labute approximate surface area is 168 Å². The van der Waals surface area contributed by atoms with Crippen molar-refractivity contribution in [3.63, 3.8) is 0 Å². The quantitative estimate of drug-likeness (QED) is 0.668. The number of hydrogen-bond donors (Lipinski definition) is 2. The molecule has 0 amide bonds. The van der Waals surface area contributed by atoms with E-state index in [2.05, 4.69) is 10.1 Å². The normalized spacial score (nSPS) is 22.7. The molecule has 7 heteroatoms. The zero-order valence-electron chi connectivity index (χ0n) is 16.3. The maximum Gasteiger partial charge on any atom is 0.134 e. The molecule has 2 aromatic rings. The first kappa shape index (κ1) is 21.2. The van der Waals surface area contributed by atoms with E-state index in [0.29, 0.717) is 17.5 Å². The Morgan fingerprint density at radius 1 is 1.11 bits per heavy atom. The zero-order valence-corrected chi connectivity index (χ0v) is 17.1. The molecule has 152 valence electrons. The van der Waals surface area contributed by atoms with Crippen LogP contribution in [0.15, 0.2) is 36.4 Å². The topological polar surface area (TPSA) is 27.3 Å². The molecule has 1 heterocycles. The fourth-order valence-corrected chi connectivity index (χ4v) is 4.39. The number of halogens is 3. The van der Waals surface area contributed by atoms with Gasteiger partial charge in [-0.15, -0.1) is 0 Å². The highest BCUT2D eigenvalue weighted by molar-refractivity contribution is 7.97. The number of alkyl halides is 1. The Bertz CT molecular complexity index is 817. The molecule has 3 nitrogen and oxygen atoms in total. The summed E-state index contributed by atoms with van der Waals surface area (Å²) >= 11 is 1.46. The number of rotatable bonds is 7. The monoisotopic (exact) mass is 409 g/mol. The molecular weight excluding hydrogens is 383 g/mol. The van der Waals surface area contributed by atoms with E-state index in [-0.39, 0.29) is 23.7 Å². The summed E-state index contributed by atoms with van der Waals surface area (Å²) in [5.74, 6) is -0.0577. The first-order chi connectivity index (χ1) is 13.5. The molecule has 0 radical (unpaired) electrons. The van der Waals surface area contributed by atoms with Crippen molar-refractivity contribution in [2.24, 2.45) is 0 Å². The standard InChI is InChI=1S/C21H26F3N3S/c1-4-28-26-21-17(22)12-27(25-3)18(21)11-14-8-6-10-16(20(14)24)15-9-5-7-13(2)19(15)23/h5-10,17-18,21,25-26H,4,11-12H2,1-3H3. The number of nitrogens with one attached hydrogen (secondary N) is 2. The molecule has 0 saturated carbocycles. The van der Waals surface area contributed by atoms with Crippen LogP contribution in [0.1, 0.15) is 18.1 Å². The molecule has 0 aliphatic carbocycles. The highest BCUT2D eigenvalue weighted by Gasteiger charge is 2.42. The van der Waals surface area contributed by atoms with E-state index in [1.807, 2.05) is 6.92 Å². The van der Waals surface area contributed by atoms with Gasteiger partial charge in [-0.1, -0.05) is 55.3 Å². The number of nitrogens with zero attached hydrogens (tertiary/aromatic N) is 1.